The number of rotatable bonds is 4. The molecule has 0 atom stereocenters. The Bertz CT molecular complexity index is 524. The third-order valence-corrected chi connectivity index (χ3v) is 4.61. The van der Waals surface area contributed by atoms with Crippen molar-refractivity contribution in [3.8, 4) is 0 Å². The maximum atomic E-state index is 12.2. The van der Waals surface area contributed by atoms with Gasteiger partial charge in [0, 0.05) is 10.6 Å². The molecule has 10 heteroatoms. The van der Waals surface area contributed by atoms with Gasteiger partial charge in [0.15, 0.2) is 0 Å². The van der Waals surface area contributed by atoms with Crippen LogP contribution in [0.15, 0.2) is 21.1 Å². The SMILES string of the molecule is FC(F)(F)Cn1nnnc1SCc1ccc(Br)s1. The van der Waals surface area contributed by atoms with Crippen molar-refractivity contribution in [3.05, 3.63) is 20.8 Å². The smallest absolute Gasteiger partial charge is 0.211 e. The van der Waals surface area contributed by atoms with Crippen molar-refractivity contribution in [2.45, 2.75) is 23.6 Å². The third kappa shape index (κ3) is 3.95. The first-order chi connectivity index (χ1) is 8.44. The number of hydrogen-bond donors (Lipinski definition) is 0. The number of aromatic nitrogens is 4. The summed E-state index contributed by atoms with van der Waals surface area (Å²) in [5, 5.41) is 10.3. The molecule has 0 radical (unpaired) electrons. The van der Waals surface area contributed by atoms with Crippen LogP contribution in [0.4, 0.5) is 13.2 Å². The maximum Gasteiger partial charge on any atom is 0.408 e. The highest BCUT2D eigenvalue weighted by Gasteiger charge is 2.30. The largest absolute Gasteiger partial charge is 0.408 e. The van der Waals surface area contributed by atoms with E-state index in [4.69, 9.17) is 0 Å². The molecule has 2 rings (SSSR count). The van der Waals surface area contributed by atoms with Crippen LogP contribution in [0.5, 0.6) is 0 Å². The summed E-state index contributed by atoms with van der Waals surface area (Å²) in [4.78, 5) is 1.04. The van der Waals surface area contributed by atoms with Gasteiger partial charge in [0.05, 0.1) is 3.79 Å². The minimum Gasteiger partial charge on any atom is -0.211 e. The molecular weight excluding hydrogens is 353 g/mol. The molecule has 0 bridgehead atoms. The molecule has 18 heavy (non-hydrogen) atoms. The number of nitrogens with zero attached hydrogens (tertiary/aromatic N) is 4. The molecule has 0 aromatic carbocycles. The number of hydrogen-bond acceptors (Lipinski definition) is 5. The van der Waals surface area contributed by atoms with Crippen LogP contribution in [0.2, 0.25) is 0 Å². The summed E-state index contributed by atoms with van der Waals surface area (Å²) in [5.41, 5.74) is 0. The van der Waals surface area contributed by atoms with E-state index in [1.807, 2.05) is 12.1 Å². The van der Waals surface area contributed by atoms with E-state index in [0.717, 1.165) is 13.3 Å². The van der Waals surface area contributed by atoms with Crippen LogP contribution in [-0.2, 0) is 12.3 Å². The lowest BCUT2D eigenvalue weighted by Crippen LogP contribution is -2.19. The summed E-state index contributed by atoms with van der Waals surface area (Å²) < 4.78 is 38.4. The molecule has 2 aromatic rings. The topological polar surface area (TPSA) is 43.6 Å². The average molecular weight is 359 g/mol. The van der Waals surface area contributed by atoms with E-state index in [1.165, 1.54) is 23.1 Å². The van der Waals surface area contributed by atoms with Crippen LogP contribution in [0, 0.1) is 0 Å². The summed E-state index contributed by atoms with van der Waals surface area (Å²) in [6.45, 7) is -1.17. The lowest BCUT2D eigenvalue weighted by atomic mass is 10.5. The predicted octanol–water partition coefficient (Wildman–Crippen LogP) is 3.35. The fourth-order valence-electron chi connectivity index (χ4n) is 1.13. The summed E-state index contributed by atoms with van der Waals surface area (Å²) >= 11 is 6.02. The van der Waals surface area contributed by atoms with Gasteiger partial charge in [-0.2, -0.15) is 13.2 Å². The minimum atomic E-state index is -4.32. The van der Waals surface area contributed by atoms with Gasteiger partial charge in [-0.1, -0.05) is 11.8 Å². The number of thiophene rings is 1. The van der Waals surface area contributed by atoms with Crippen molar-refractivity contribution < 1.29 is 13.2 Å². The summed E-state index contributed by atoms with van der Waals surface area (Å²) in [7, 11) is 0. The predicted molar refractivity (Wildman–Crippen MR) is 65.5 cm³/mol. The van der Waals surface area contributed by atoms with E-state index < -0.39 is 12.7 Å². The molecule has 0 N–H and O–H groups in total. The molecule has 0 amide bonds. The first kappa shape index (κ1) is 13.8. The van der Waals surface area contributed by atoms with Crippen LogP contribution in [0.25, 0.3) is 0 Å². The molecule has 0 unspecified atom stereocenters. The third-order valence-electron chi connectivity index (χ3n) is 1.80. The molecule has 0 aliphatic carbocycles. The van der Waals surface area contributed by atoms with E-state index >= 15 is 0 Å². The minimum absolute atomic E-state index is 0.164. The maximum absolute atomic E-state index is 12.2. The van der Waals surface area contributed by atoms with Gasteiger partial charge in [-0.25, -0.2) is 4.68 Å². The number of tetrazole rings is 1. The van der Waals surface area contributed by atoms with Crippen LogP contribution < -0.4 is 0 Å². The van der Waals surface area contributed by atoms with Crippen LogP contribution in [-0.4, -0.2) is 26.4 Å². The van der Waals surface area contributed by atoms with Gasteiger partial charge in [-0.3, -0.25) is 0 Å². The van der Waals surface area contributed by atoms with Gasteiger partial charge in [0.25, 0.3) is 0 Å². The van der Waals surface area contributed by atoms with Crippen molar-refractivity contribution in [3.63, 3.8) is 0 Å². The number of alkyl halides is 3. The Morgan fingerprint density at radius 2 is 2.17 bits per heavy atom. The fourth-order valence-corrected chi connectivity index (χ4v) is 3.54. The standard InChI is InChI=1S/C8H6BrF3N4S2/c9-6-2-1-5(18-6)3-17-7-13-14-15-16(7)4-8(10,11)12/h1-2H,3-4H2. The van der Waals surface area contributed by atoms with Gasteiger partial charge in [-0.05, 0) is 38.5 Å². The van der Waals surface area contributed by atoms with E-state index in [2.05, 4.69) is 31.5 Å². The second kappa shape index (κ2) is 5.57. The fraction of sp³-hybridized carbons (Fsp3) is 0.375. The molecule has 2 aromatic heterocycles. The van der Waals surface area contributed by atoms with E-state index in [9.17, 15) is 13.2 Å². The highest BCUT2D eigenvalue weighted by molar-refractivity contribution is 9.11. The normalized spacial score (nSPS) is 12.0. The van der Waals surface area contributed by atoms with Crippen molar-refractivity contribution in [2.75, 3.05) is 0 Å². The zero-order valence-corrected chi connectivity index (χ0v) is 11.9. The summed E-state index contributed by atoms with van der Waals surface area (Å²) in [6, 6.07) is 3.79. The molecule has 4 nitrogen and oxygen atoms in total. The lowest BCUT2D eigenvalue weighted by Gasteiger charge is -2.06. The van der Waals surface area contributed by atoms with Gasteiger partial charge in [-0.15, -0.1) is 16.4 Å². The average Bonchev–Trinajstić information content (AvgIpc) is 2.82. The van der Waals surface area contributed by atoms with Crippen molar-refractivity contribution in [2.24, 2.45) is 0 Å². The molecule has 0 saturated heterocycles. The van der Waals surface area contributed by atoms with Gasteiger partial charge < -0.3 is 0 Å². The van der Waals surface area contributed by atoms with E-state index in [1.54, 1.807) is 0 Å². The Morgan fingerprint density at radius 3 is 2.78 bits per heavy atom. The Balaban J connectivity index is 1.99. The lowest BCUT2D eigenvalue weighted by molar-refractivity contribution is -0.144. The van der Waals surface area contributed by atoms with Gasteiger partial charge in [0.2, 0.25) is 5.16 Å². The highest BCUT2D eigenvalue weighted by atomic mass is 79.9. The highest BCUT2D eigenvalue weighted by Crippen LogP contribution is 2.28. The van der Waals surface area contributed by atoms with Gasteiger partial charge >= 0.3 is 6.18 Å². The van der Waals surface area contributed by atoms with Crippen molar-refractivity contribution in [1.29, 1.82) is 0 Å². The molecule has 0 spiro atoms. The monoisotopic (exact) mass is 358 g/mol. The molecule has 2 heterocycles. The summed E-state index contributed by atoms with van der Waals surface area (Å²) in [6.07, 6.45) is -4.32. The van der Waals surface area contributed by atoms with Crippen LogP contribution in [0.1, 0.15) is 4.88 Å². The van der Waals surface area contributed by atoms with Crippen molar-refractivity contribution in [1.82, 2.24) is 20.2 Å². The molecule has 0 saturated carbocycles. The molecule has 98 valence electrons. The van der Waals surface area contributed by atoms with Gasteiger partial charge in [0.1, 0.15) is 6.54 Å². The number of thioether (sulfide) groups is 1. The number of halogens is 4. The second-order valence-corrected chi connectivity index (χ2v) is 6.72. The molecular formula is C8H6BrF3N4S2. The molecule has 0 aliphatic heterocycles. The zero-order chi connectivity index (χ0) is 13.2. The zero-order valence-electron chi connectivity index (χ0n) is 8.69. The Morgan fingerprint density at radius 1 is 1.39 bits per heavy atom. The second-order valence-electron chi connectivity index (χ2n) is 3.23. The first-order valence-electron chi connectivity index (χ1n) is 4.64. The van der Waals surface area contributed by atoms with Crippen LogP contribution in [0.3, 0.4) is 0 Å². The first-order valence-corrected chi connectivity index (χ1v) is 7.23. The Labute approximate surface area is 117 Å². The van der Waals surface area contributed by atoms with Crippen LogP contribution >= 0.6 is 39.0 Å². The molecule has 0 fully saturated rings. The summed E-state index contributed by atoms with van der Waals surface area (Å²) in [5.74, 6) is 0.536. The van der Waals surface area contributed by atoms with E-state index in [0.29, 0.717) is 5.75 Å². The van der Waals surface area contributed by atoms with Crippen molar-refractivity contribution >= 4 is 39.0 Å². The Kier molecular flexibility index (Phi) is 4.28. The quantitative estimate of drug-likeness (QED) is 0.786. The van der Waals surface area contributed by atoms with E-state index in [-0.39, 0.29) is 5.16 Å². The molecule has 0 aliphatic rings. The Hall–Kier alpha value is -0.610.